The quantitative estimate of drug-likeness (QED) is 0.495. The van der Waals surface area contributed by atoms with Gasteiger partial charge in [0.1, 0.15) is 0 Å². The van der Waals surface area contributed by atoms with Crippen molar-refractivity contribution in [2.24, 2.45) is 5.10 Å². The minimum Gasteiger partial charge on any atom is -0.253 e. The van der Waals surface area contributed by atoms with Gasteiger partial charge in [0, 0.05) is 16.0 Å². The summed E-state index contributed by atoms with van der Waals surface area (Å²) < 4.78 is 0. The van der Waals surface area contributed by atoms with Gasteiger partial charge in [0.15, 0.2) is 0 Å². The van der Waals surface area contributed by atoms with Crippen LogP contribution < -0.4 is 5.43 Å². The van der Waals surface area contributed by atoms with Gasteiger partial charge >= 0.3 is 0 Å². The van der Waals surface area contributed by atoms with Crippen molar-refractivity contribution in [1.82, 2.24) is 4.98 Å². The molecule has 0 aliphatic carbocycles. The summed E-state index contributed by atoms with van der Waals surface area (Å²) in [6.45, 7) is 0. The second-order valence-electron chi connectivity index (χ2n) is 4.44. The summed E-state index contributed by atoms with van der Waals surface area (Å²) in [5.41, 5.74) is 5.59. The van der Waals surface area contributed by atoms with Crippen LogP contribution in [-0.2, 0) is 0 Å². The molecule has 0 aliphatic heterocycles. The maximum Gasteiger partial charge on any atom is 0.203 e. The number of thiazole rings is 1. The number of aromatic nitrogens is 1. The third kappa shape index (κ3) is 3.65. The Morgan fingerprint density at radius 2 is 1.91 bits per heavy atom. The topological polar surface area (TPSA) is 37.3 Å². The molecular weight excluding hydrogens is 337 g/mol. The minimum absolute atomic E-state index is 0.581. The van der Waals surface area contributed by atoms with E-state index < -0.39 is 0 Å². The molecule has 22 heavy (non-hydrogen) atoms. The number of anilines is 1. The Morgan fingerprint density at radius 1 is 1.09 bits per heavy atom. The van der Waals surface area contributed by atoms with E-state index in [0.717, 1.165) is 16.8 Å². The zero-order chi connectivity index (χ0) is 15.4. The highest BCUT2D eigenvalue weighted by Gasteiger charge is 2.08. The molecule has 3 nitrogen and oxygen atoms in total. The first-order chi connectivity index (χ1) is 10.7. The van der Waals surface area contributed by atoms with Crippen molar-refractivity contribution in [1.29, 1.82) is 0 Å². The molecule has 0 saturated carbocycles. The smallest absolute Gasteiger partial charge is 0.203 e. The van der Waals surface area contributed by atoms with Gasteiger partial charge in [0.05, 0.1) is 16.9 Å². The van der Waals surface area contributed by atoms with Crippen molar-refractivity contribution in [3.05, 3.63) is 69.5 Å². The number of nitrogens with zero attached hydrogens (tertiary/aromatic N) is 2. The van der Waals surface area contributed by atoms with Crippen LogP contribution in [0.3, 0.4) is 0 Å². The van der Waals surface area contributed by atoms with Crippen LogP contribution in [0.25, 0.3) is 11.3 Å². The van der Waals surface area contributed by atoms with Crippen molar-refractivity contribution in [3.8, 4) is 11.3 Å². The van der Waals surface area contributed by atoms with Gasteiger partial charge in [-0.15, -0.1) is 11.3 Å². The molecule has 0 aliphatic rings. The lowest BCUT2D eigenvalue weighted by molar-refractivity contribution is 1.29. The number of hydrogen-bond acceptors (Lipinski definition) is 4. The van der Waals surface area contributed by atoms with E-state index in [0.29, 0.717) is 15.2 Å². The highest BCUT2D eigenvalue weighted by molar-refractivity contribution is 7.14. The molecule has 0 unspecified atom stereocenters. The Bertz CT molecular complexity index is 800. The molecule has 0 amide bonds. The molecule has 2 aromatic carbocycles. The zero-order valence-electron chi connectivity index (χ0n) is 11.3. The summed E-state index contributed by atoms with van der Waals surface area (Å²) in [5, 5.41) is 7.99. The van der Waals surface area contributed by atoms with Crippen LogP contribution >= 0.6 is 34.5 Å². The molecule has 0 atom stereocenters. The SMILES string of the molecule is Clc1ccc(-c2csc(N/N=C\c3ccccc3)n2)c(Cl)c1. The van der Waals surface area contributed by atoms with E-state index in [-0.39, 0.29) is 0 Å². The molecule has 0 bridgehead atoms. The van der Waals surface area contributed by atoms with Crippen molar-refractivity contribution < 1.29 is 0 Å². The van der Waals surface area contributed by atoms with E-state index in [1.165, 1.54) is 11.3 Å². The summed E-state index contributed by atoms with van der Waals surface area (Å²) in [4.78, 5) is 4.47. The minimum atomic E-state index is 0.581. The van der Waals surface area contributed by atoms with Crippen LogP contribution in [0.2, 0.25) is 10.0 Å². The van der Waals surface area contributed by atoms with Crippen LogP contribution in [0.15, 0.2) is 59.0 Å². The maximum atomic E-state index is 6.19. The molecule has 0 fully saturated rings. The Morgan fingerprint density at radius 3 is 2.68 bits per heavy atom. The summed E-state index contributed by atoms with van der Waals surface area (Å²) in [7, 11) is 0. The van der Waals surface area contributed by atoms with E-state index in [4.69, 9.17) is 23.2 Å². The first kappa shape index (κ1) is 15.0. The lowest BCUT2D eigenvalue weighted by Crippen LogP contribution is -1.90. The van der Waals surface area contributed by atoms with E-state index in [1.54, 1.807) is 18.3 Å². The molecular formula is C16H11Cl2N3S. The molecule has 1 N–H and O–H groups in total. The van der Waals surface area contributed by atoms with Crippen LogP contribution in [0.1, 0.15) is 5.56 Å². The highest BCUT2D eigenvalue weighted by Crippen LogP contribution is 2.32. The summed E-state index contributed by atoms with van der Waals surface area (Å²) in [6.07, 6.45) is 1.75. The number of hydrazone groups is 1. The molecule has 0 saturated heterocycles. The van der Waals surface area contributed by atoms with Gasteiger partial charge in [-0.2, -0.15) is 5.10 Å². The third-order valence-electron chi connectivity index (χ3n) is 2.88. The van der Waals surface area contributed by atoms with Gasteiger partial charge in [0.25, 0.3) is 0 Å². The first-order valence-corrected chi connectivity index (χ1v) is 8.11. The molecule has 110 valence electrons. The zero-order valence-corrected chi connectivity index (χ0v) is 13.7. The Balaban J connectivity index is 1.73. The average molecular weight is 348 g/mol. The Kier molecular flexibility index (Phi) is 4.73. The van der Waals surface area contributed by atoms with E-state index >= 15 is 0 Å². The molecule has 0 spiro atoms. The van der Waals surface area contributed by atoms with Crippen LogP contribution in [-0.4, -0.2) is 11.2 Å². The van der Waals surface area contributed by atoms with Gasteiger partial charge in [-0.1, -0.05) is 53.5 Å². The molecule has 3 rings (SSSR count). The maximum absolute atomic E-state index is 6.19. The van der Waals surface area contributed by atoms with Crippen molar-refractivity contribution in [2.45, 2.75) is 0 Å². The van der Waals surface area contributed by atoms with Crippen LogP contribution in [0.4, 0.5) is 5.13 Å². The number of benzene rings is 2. The number of rotatable bonds is 4. The number of nitrogens with one attached hydrogen (secondary N) is 1. The predicted molar refractivity (Wildman–Crippen MR) is 95.2 cm³/mol. The van der Waals surface area contributed by atoms with E-state index in [9.17, 15) is 0 Å². The first-order valence-electron chi connectivity index (χ1n) is 6.47. The summed E-state index contributed by atoms with van der Waals surface area (Å²) >= 11 is 13.6. The fraction of sp³-hybridized carbons (Fsp3) is 0. The third-order valence-corrected chi connectivity index (χ3v) is 4.18. The Labute approximate surface area is 142 Å². The van der Waals surface area contributed by atoms with Crippen molar-refractivity contribution >= 4 is 45.9 Å². The molecule has 6 heteroatoms. The van der Waals surface area contributed by atoms with Gasteiger partial charge in [0.2, 0.25) is 5.13 Å². The Hall–Kier alpha value is -1.88. The van der Waals surface area contributed by atoms with E-state index in [1.807, 2.05) is 41.8 Å². The summed E-state index contributed by atoms with van der Waals surface area (Å²) in [6, 6.07) is 15.2. The fourth-order valence-corrected chi connectivity index (χ4v) is 3.01. The van der Waals surface area contributed by atoms with Crippen molar-refractivity contribution in [3.63, 3.8) is 0 Å². The van der Waals surface area contributed by atoms with Crippen LogP contribution in [0, 0.1) is 0 Å². The normalized spacial score (nSPS) is 11.0. The van der Waals surface area contributed by atoms with Gasteiger partial charge in [-0.05, 0) is 23.8 Å². The van der Waals surface area contributed by atoms with Gasteiger partial charge in [-0.3, -0.25) is 5.43 Å². The molecule has 1 aromatic heterocycles. The highest BCUT2D eigenvalue weighted by atomic mass is 35.5. The number of hydrogen-bond donors (Lipinski definition) is 1. The lowest BCUT2D eigenvalue weighted by atomic mass is 10.2. The standard InChI is InChI=1S/C16H11Cl2N3S/c17-12-6-7-13(14(18)8-12)15-10-22-16(20-15)21-19-9-11-4-2-1-3-5-11/h1-10H,(H,20,21)/b19-9-. The predicted octanol–water partition coefficient (Wildman–Crippen LogP) is 5.56. The van der Waals surface area contributed by atoms with Gasteiger partial charge in [-0.25, -0.2) is 4.98 Å². The average Bonchev–Trinajstić information content (AvgIpc) is 2.97. The van der Waals surface area contributed by atoms with E-state index in [2.05, 4.69) is 15.5 Å². The molecule has 1 heterocycles. The summed E-state index contributed by atoms with van der Waals surface area (Å²) in [5.74, 6) is 0. The fourth-order valence-electron chi connectivity index (χ4n) is 1.85. The number of halogens is 2. The monoisotopic (exact) mass is 347 g/mol. The largest absolute Gasteiger partial charge is 0.253 e. The van der Waals surface area contributed by atoms with Crippen LogP contribution in [0.5, 0.6) is 0 Å². The second kappa shape index (κ2) is 6.92. The lowest BCUT2D eigenvalue weighted by Gasteiger charge is -2.00. The molecule has 3 aromatic rings. The van der Waals surface area contributed by atoms with Gasteiger partial charge < -0.3 is 0 Å². The van der Waals surface area contributed by atoms with Crippen molar-refractivity contribution in [2.75, 3.05) is 5.43 Å². The molecule has 0 radical (unpaired) electrons. The second-order valence-corrected chi connectivity index (χ2v) is 6.14.